The van der Waals surface area contributed by atoms with Crippen LogP contribution in [0.4, 0.5) is 11.4 Å². The number of benzene rings is 2. The van der Waals surface area contributed by atoms with E-state index in [1.807, 2.05) is 36.4 Å². The Morgan fingerprint density at radius 3 is 2.00 bits per heavy atom. The van der Waals surface area contributed by atoms with Gasteiger partial charge in [0, 0.05) is 5.33 Å². The number of hydrogen-bond acceptors (Lipinski definition) is 3. The van der Waals surface area contributed by atoms with Crippen LogP contribution in [0.25, 0.3) is 0 Å². The minimum absolute atomic E-state index is 0.262. The lowest BCUT2D eigenvalue weighted by Crippen LogP contribution is -2.16. The van der Waals surface area contributed by atoms with Gasteiger partial charge in [0.25, 0.3) is 0 Å². The summed E-state index contributed by atoms with van der Waals surface area (Å²) < 4.78 is 6.06. The Kier molecular flexibility index (Phi) is 9.40. The molecule has 0 heterocycles. The molecule has 26 heavy (non-hydrogen) atoms. The van der Waals surface area contributed by atoms with Crippen molar-refractivity contribution in [3.05, 3.63) is 54.1 Å². The molecular formula is C22H29BrN2O. The molecule has 0 fully saturated rings. The van der Waals surface area contributed by atoms with Crippen LogP contribution in [0, 0.1) is 0 Å². The lowest BCUT2D eigenvalue weighted by molar-refractivity contribution is 0.187. The maximum Gasteiger partial charge on any atom is 0.119 e. The van der Waals surface area contributed by atoms with E-state index < -0.39 is 0 Å². The topological polar surface area (TPSA) is 34.0 Å². The van der Waals surface area contributed by atoms with Crippen molar-refractivity contribution in [2.24, 2.45) is 10.2 Å². The third-order valence-electron chi connectivity index (χ3n) is 4.22. The van der Waals surface area contributed by atoms with E-state index in [1.165, 1.54) is 18.4 Å². The Morgan fingerprint density at radius 2 is 1.46 bits per heavy atom. The van der Waals surface area contributed by atoms with E-state index in [-0.39, 0.29) is 6.10 Å². The van der Waals surface area contributed by atoms with Crippen molar-refractivity contribution < 1.29 is 4.74 Å². The van der Waals surface area contributed by atoms with Gasteiger partial charge in [-0.1, -0.05) is 54.8 Å². The number of unbranched alkanes of at least 4 members (excludes halogenated alkanes) is 1. The number of halogens is 1. The molecule has 2 aromatic rings. The van der Waals surface area contributed by atoms with Gasteiger partial charge >= 0.3 is 0 Å². The maximum atomic E-state index is 6.06. The van der Waals surface area contributed by atoms with Crippen molar-refractivity contribution in [1.29, 1.82) is 0 Å². The van der Waals surface area contributed by atoms with E-state index >= 15 is 0 Å². The molecule has 2 rings (SSSR count). The number of rotatable bonds is 11. The summed E-state index contributed by atoms with van der Waals surface area (Å²) in [6.07, 6.45) is 7.05. The molecule has 0 aliphatic heterocycles. The van der Waals surface area contributed by atoms with E-state index in [0.29, 0.717) is 0 Å². The number of aryl methyl sites for hydroxylation is 1. The molecule has 0 amide bonds. The average molecular weight is 417 g/mol. The second kappa shape index (κ2) is 11.8. The molecule has 0 N–H and O–H groups in total. The highest BCUT2D eigenvalue weighted by atomic mass is 79.9. The monoisotopic (exact) mass is 416 g/mol. The molecule has 0 bridgehead atoms. The van der Waals surface area contributed by atoms with Gasteiger partial charge in [0.2, 0.25) is 0 Å². The minimum atomic E-state index is 0.262. The highest BCUT2D eigenvalue weighted by Crippen LogP contribution is 2.23. The van der Waals surface area contributed by atoms with Crippen LogP contribution in [0.5, 0.6) is 5.75 Å². The Balaban J connectivity index is 1.92. The second-order valence-electron chi connectivity index (χ2n) is 6.47. The quantitative estimate of drug-likeness (QED) is 0.271. The molecule has 1 unspecified atom stereocenters. The summed E-state index contributed by atoms with van der Waals surface area (Å²) >= 11 is 3.50. The fourth-order valence-electron chi connectivity index (χ4n) is 2.72. The van der Waals surface area contributed by atoms with Crippen molar-refractivity contribution in [3.63, 3.8) is 0 Å². The molecule has 4 heteroatoms. The smallest absolute Gasteiger partial charge is 0.119 e. The van der Waals surface area contributed by atoms with Crippen LogP contribution in [0.1, 0.15) is 51.5 Å². The summed E-state index contributed by atoms with van der Waals surface area (Å²) in [7, 11) is 0. The van der Waals surface area contributed by atoms with Gasteiger partial charge in [0.05, 0.1) is 17.5 Å². The largest absolute Gasteiger partial charge is 0.490 e. The van der Waals surface area contributed by atoms with Crippen LogP contribution in [0.15, 0.2) is 58.8 Å². The molecule has 3 nitrogen and oxygen atoms in total. The van der Waals surface area contributed by atoms with Gasteiger partial charge in [-0.25, -0.2) is 0 Å². The van der Waals surface area contributed by atoms with E-state index in [9.17, 15) is 0 Å². The zero-order valence-corrected chi connectivity index (χ0v) is 17.4. The maximum absolute atomic E-state index is 6.06. The third kappa shape index (κ3) is 7.28. The van der Waals surface area contributed by atoms with Crippen LogP contribution < -0.4 is 4.74 Å². The summed E-state index contributed by atoms with van der Waals surface area (Å²) in [6, 6.07) is 16.2. The van der Waals surface area contributed by atoms with Crippen molar-refractivity contribution in [3.8, 4) is 5.75 Å². The number of azo groups is 1. The Bertz CT molecular complexity index is 647. The van der Waals surface area contributed by atoms with Crippen LogP contribution in [-0.4, -0.2) is 11.4 Å². The predicted octanol–water partition coefficient (Wildman–Crippen LogP) is 7.78. The Morgan fingerprint density at radius 1 is 0.846 bits per heavy atom. The first-order valence-electron chi connectivity index (χ1n) is 9.58. The van der Waals surface area contributed by atoms with Gasteiger partial charge < -0.3 is 4.74 Å². The standard InChI is InChI=1S/C22H29BrN2O/c1-3-5-7-18-8-10-19(11-9-18)24-25-20-12-14-22(15-13-20)26-21(6-4-2)16-17-23/h8-15,21H,3-7,16-17H2,1-2H3. The number of nitrogens with zero attached hydrogens (tertiary/aromatic N) is 2. The highest BCUT2D eigenvalue weighted by molar-refractivity contribution is 9.09. The van der Waals surface area contributed by atoms with Gasteiger partial charge in [-0.2, -0.15) is 10.2 Å². The molecule has 0 aliphatic carbocycles. The summed E-state index contributed by atoms with van der Waals surface area (Å²) in [4.78, 5) is 0. The Labute approximate surface area is 166 Å². The van der Waals surface area contributed by atoms with Gasteiger partial charge in [-0.05, 0) is 67.6 Å². The lowest BCUT2D eigenvalue weighted by Gasteiger charge is -2.17. The highest BCUT2D eigenvalue weighted by Gasteiger charge is 2.08. The van der Waals surface area contributed by atoms with Crippen LogP contribution >= 0.6 is 15.9 Å². The van der Waals surface area contributed by atoms with E-state index in [0.717, 1.165) is 48.1 Å². The molecule has 0 saturated heterocycles. The first-order chi connectivity index (χ1) is 12.7. The molecule has 0 saturated carbocycles. The van der Waals surface area contributed by atoms with E-state index in [4.69, 9.17) is 4.74 Å². The minimum Gasteiger partial charge on any atom is -0.490 e. The van der Waals surface area contributed by atoms with Crippen LogP contribution in [-0.2, 0) is 6.42 Å². The van der Waals surface area contributed by atoms with Crippen molar-refractivity contribution in [1.82, 2.24) is 0 Å². The first-order valence-corrected chi connectivity index (χ1v) is 10.7. The summed E-state index contributed by atoms with van der Waals surface area (Å²) in [5.41, 5.74) is 3.07. The molecule has 140 valence electrons. The van der Waals surface area contributed by atoms with E-state index in [2.05, 4.69) is 52.1 Å². The first kappa shape index (κ1) is 20.6. The molecule has 0 radical (unpaired) electrons. The van der Waals surface area contributed by atoms with Gasteiger partial charge in [0.1, 0.15) is 5.75 Å². The van der Waals surface area contributed by atoms with Crippen molar-refractivity contribution in [2.75, 3.05) is 5.33 Å². The lowest BCUT2D eigenvalue weighted by atomic mass is 10.1. The fourth-order valence-corrected chi connectivity index (χ4v) is 3.23. The number of alkyl halides is 1. The summed E-state index contributed by atoms with van der Waals surface area (Å²) in [5.74, 6) is 0.892. The summed E-state index contributed by atoms with van der Waals surface area (Å²) in [6.45, 7) is 4.40. The van der Waals surface area contributed by atoms with Crippen molar-refractivity contribution in [2.45, 2.75) is 58.5 Å². The second-order valence-corrected chi connectivity index (χ2v) is 7.26. The van der Waals surface area contributed by atoms with Crippen LogP contribution in [0.2, 0.25) is 0 Å². The zero-order valence-electron chi connectivity index (χ0n) is 15.8. The molecule has 0 spiro atoms. The predicted molar refractivity (Wildman–Crippen MR) is 113 cm³/mol. The van der Waals surface area contributed by atoms with Gasteiger partial charge in [0.15, 0.2) is 0 Å². The molecular weight excluding hydrogens is 388 g/mol. The SMILES string of the molecule is CCCCc1ccc(N=Nc2ccc(OC(CCC)CCBr)cc2)cc1. The molecule has 1 atom stereocenters. The molecule has 0 aromatic heterocycles. The normalized spacial score (nSPS) is 12.4. The van der Waals surface area contributed by atoms with Gasteiger partial charge in [-0.3, -0.25) is 0 Å². The van der Waals surface area contributed by atoms with Gasteiger partial charge in [-0.15, -0.1) is 0 Å². The number of ether oxygens (including phenoxy) is 1. The number of hydrogen-bond donors (Lipinski definition) is 0. The van der Waals surface area contributed by atoms with E-state index in [1.54, 1.807) is 0 Å². The zero-order chi connectivity index (χ0) is 18.6. The van der Waals surface area contributed by atoms with Crippen LogP contribution in [0.3, 0.4) is 0 Å². The Hall–Kier alpha value is -1.68. The molecule has 0 aliphatic rings. The summed E-state index contributed by atoms with van der Waals surface area (Å²) in [5, 5.41) is 9.61. The average Bonchev–Trinajstić information content (AvgIpc) is 2.67. The van der Waals surface area contributed by atoms with Crippen molar-refractivity contribution >= 4 is 27.3 Å². The molecule has 2 aromatic carbocycles. The fraction of sp³-hybridized carbons (Fsp3) is 0.455. The third-order valence-corrected chi connectivity index (χ3v) is 4.68.